The quantitative estimate of drug-likeness (QED) is 0.585. The predicted octanol–water partition coefficient (Wildman–Crippen LogP) is 1.17. The molecule has 0 bridgehead atoms. The highest BCUT2D eigenvalue weighted by molar-refractivity contribution is 5.81. The smallest absolute Gasteiger partial charge is 0.304 e. The highest BCUT2D eigenvalue weighted by Crippen LogP contribution is 2.04. The first-order valence-electron chi connectivity index (χ1n) is 6.03. The van der Waals surface area contributed by atoms with Crippen LogP contribution in [0.1, 0.15) is 33.6 Å². The van der Waals surface area contributed by atoms with Crippen molar-refractivity contribution < 1.29 is 19.4 Å². The summed E-state index contributed by atoms with van der Waals surface area (Å²) in [7, 11) is 0. The number of ketones is 1. The van der Waals surface area contributed by atoms with Gasteiger partial charge < -0.3 is 9.84 Å². The molecule has 0 fully saturated rings. The summed E-state index contributed by atoms with van der Waals surface area (Å²) in [5.74, 6) is -0.776. The molecule has 0 aromatic rings. The third kappa shape index (κ3) is 7.88. The van der Waals surface area contributed by atoms with E-state index in [1.54, 1.807) is 0 Å². The van der Waals surface area contributed by atoms with E-state index in [0.717, 1.165) is 6.42 Å². The van der Waals surface area contributed by atoms with E-state index in [4.69, 9.17) is 9.84 Å². The van der Waals surface area contributed by atoms with E-state index in [2.05, 4.69) is 0 Å². The number of rotatable bonds is 10. The van der Waals surface area contributed by atoms with Crippen molar-refractivity contribution in [3.05, 3.63) is 0 Å². The van der Waals surface area contributed by atoms with Crippen LogP contribution in [0.4, 0.5) is 0 Å². The summed E-state index contributed by atoms with van der Waals surface area (Å²) in [4.78, 5) is 23.7. The number of aliphatic carboxylic acids is 1. The van der Waals surface area contributed by atoms with Gasteiger partial charge in [0.15, 0.2) is 0 Å². The number of nitrogens with zero attached hydrogens (tertiary/aromatic N) is 1. The molecular formula is C12H23NO4. The van der Waals surface area contributed by atoms with E-state index in [-0.39, 0.29) is 18.2 Å². The van der Waals surface area contributed by atoms with E-state index in [9.17, 15) is 9.59 Å². The maximum atomic E-state index is 11.3. The molecule has 0 spiro atoms. The van der Waals surface area contributed by atoms with Crippen molar-refractivity contribution in [3.63, 3.8) is 0 Å². The Bertz CT molecular complexity index is 243. The predicted molar refractivity (Wildman–Crippen MR) is 65.1 cm³/mol. The molecule has 0 aliphatic rings. The van der Waals surface area contributed by atoms with Gasteiger partial charge in [-0.05, 0) is 27.2 Å². The van der Waals surface area contributed by atoms with E-state index >= 15 is 0 Å². The minimum atomic E-state index is -0.837. The van der Waals surface area contributed by atoms with Crippen LogP contribution in [0.5, 0.6) is 0 Å². The van der Waals surface area contributed by atoms with Crippen molar-refractivity contribution in [1.82, 2.24) is 4.90 Å². The van der Waals surface area contributed by atoms with Gasteiger partial charge in [-0.2, -0.15) is 0 Å². The van der Waals surface area contributed by atoms with Crippen molar-refractivity contribution in [2.75, 3.05) is 26.3 Å². The molecule has 0 heterocycles. The van der Waals surface area contributed by atoms with Gasteiger partial charge in [-0.15, -0.1) is 0 Å². The molecule has 1 unspecified atom stereocenters. The van der Waals surface area contributed by atoms with Crippen molar-refractivity contribution in [3.8, 4) is 0 Å². The summed E-state index contributed by atoms with van der Waals surface area (Å²) in [6, 6.07) is -0.226. The Balaban J connectivity index is 4.10. The standard InChI is InChI=1S/C12H23NO4/c1-4-17-9-5-7-13(8-6-12(15)16)10(2)11(3)14/h10H,4-9H2,1-3H3,(H,15,16). The SMILES string of the molecule is CCOCCCN(CCC(=O)O)C(C)C(C)=O. The monoisotopic (exact) mass is 245 g/mol. The fourth-order valence-electron chi connectivity index (χ4n) is 1.51. The first-order chi connectivity index (χ1) is 7.99. The number of carbonyl (C=O) groups excluding carboxylic acids is 1. The van der Waals surface area contributed by atoms with E-state index < -0.39 is 5.97 Å². The van der Waals surface area contributed by atoms with Crippen molar-refractivity contribution in [2.24, 2.45) is 0 Å². The second kappa shape index (κ2) is 9.13. The molecule has 100 valence electrons. The van der Waals surface area contributed by atoms with Gasteiger partial charge in [0.25, 0.3) is 0 Å². The van der Waals surface area contributed by atoms with E-state index in [1.165, 1.54) is 6.92 Å². The molecule has 1 atom stereocenters. The minimum absolute atomic E-state index is 0.0618. The lowest BCUT2D eigenvalue weighted by Gasteiger charge is -2.26. The average Bonchev–Trinajstić information content (AvgIpc) is 2.26. The Labute approximate surface area is 103 Å². The maximum absolute atomic E-state index is 11.3. The summed E-state index contributed by atoms with van der Waals surface area (Å²) in [5.41, 5.74) is 0. The van der Waals surface area contributed by atoms with E-state index in [1.807, 2.05) is 18.7 Å². The molecule has 5 heteroatoms. The maximum Gasteiger partial charge on any atom is 0.304 e. The molecular weight excluding hydrogens is 222 g/mol. The van der Waals surface area contributed by atoms with Crippen LogP contribution in [0.15, 0.2) is 0 Å². The number of carboxylic acids is 1. The van der Waals surface area contributed by atoms with Crippen LogP contribution in [0, 0.1) is 0 Å². The zero-order chi connectivity index (χ0) is 13.3. The summed E-state index contributed by atoms with van der Waals surface area (Å²) < 4.78 is 5.22. The highest BCUT2D eigenvalue weighted by atomic mass is 16.5. The molecule has 0 saturated carbocycles. The Morgan fingerprint density at radius 3 is 2.47 bits per heavy atom. The van der Waals surface area contributed by atoms with Gasteiger partial charge in [0.1, 0.15) is 5.78 Å². The Morgan fingerprint density at radius 2 is 2.00 bits per heavy atom. The molecule has 1 N–H and O–H groups in total. The zero-order valence-corrected chi connectivity index (χ0v) is 10.9. The molecule has 5 nitrogen and oxygen atoms in total. The lowest BCUT2D eigenvalue weighted by Crippen LogP contribution is -2.40. The van der Waals surface area contributed by atoms with Gasteiger partial charge in [0, 0.05) is 26.3 Å². The second-order valence-electron chi connectivity index (χ2n) is 4.02. The second-order valence-corrected chi connectivity index (χ2v) is 4.02. The number of hydrogen-bond donors (Lipinski definition) is 1. The average molecular weight is 245 g/mol. The molecule has 0 rings (SSSR count). The largest absolute Gasteiger partial charge is 0.481 e. The number of carboxylic acid groups (broad SMARTS) is 1. The Hall–Kier alpha value is -0.940. The third-order valence-corrected chi connectivity index (χ3v) is 2.69. The molecule has 0 aromatic carbocycles. The van der Waals surface area contributed by atoms with Crippen LogP contribution >= 0.6 is 0 Å². The molecule has 0 aliphatic carbocycles. The fraction of sp³-hybridized carbons (Fsp3) is 0.833. The van der Waals surface area contributed by atoms with Gasteiger partial charge in [0.05, 0.1) is 12.5 Å². The molecule has 17 heavy (non-hydrogen) atoms. The third-order valence-electron chi connectivity index (χ3n) is 2.69. The first-order valence-corrected chi connectivity index (χ1v) is 6.03. The van der Waals surface area contributed by atoms with Crippen LogP contribution in [0.2, 0.25) is 0 Å². The molecule has 0 saturated heterocycles. The van der Waals surface area contributed by atoms with Gasteiger partial charge >= 0.3 is 5.97 Å². The van der Waals surface area contributed by atoms with Crippen LogP contribution in [0.25, 0.3) is 0 Å². The zero-order valence-electron chi connectivity index (χ0n) is 10.9. The molecule has 0 amide bonds. The Kier molecular flexibility index (Phi) is 8.62. The van der Waals surface area contributed by atoms with E-state index in [0.29, 0.717) is 26.3 Å². The van der Waals surface area contributed by atoms with Crippen molar-refractivity contribution in [2.45, 2.75) is 39.7 Å². The Morgan fingerprint density at radius 1 is 1.35 bits per heavy atom. The van der Waals surface area contributed by atoms with Crippen LogP contribution in [-0.2, 0) is 14.3 Å². The van der Waals surface area contributed by atoms with Crippen molar-refractivity contribution >= 4 is 11.8 Å². The van der Waals surface area contributed by atoms with Gasteiger partial charge in [-0.25, -0.2) is 0 Å². The number of hydrogen-bond acceptors (Lipinski definition) is 4. The first kappa shape index (κ1) is 16.1. The van der Waals surface area contributed by atoms with Crippen molar-refractivity contribution in [1.29, 1.82) is 0 Å². The van der Waals surface area contributed by atoms with Crippen LogP contribution < -0.4 is 0 Å². The summed E-state index contributed by atoms with van der Waals surface area (Å²) >= 11 is 0. The van der Waals surface area contributed by atoms with Gasteiger partial charge in [-0.3, -0.25) is 14.5 Å². The summed E-state index contributed by atoms with van der Waals surface area (Å²) in [5, 5.41) is 8.66. The number of Topliss-reactive ketones (excluding diaryl/α,β-unsaturated/α-hetero) is 1. The summed E-state index contributed by atoms with van der Waals surface area (Å²) in [6.45, 7) is 7.69. The van der Waals surface area contributed by atoms with Crippen LogP contribution in [-0.4, -0.2) is 54.1 Å². The molecule has 0 radical (unpaired) electrons. The molecule has 0 aromatic heterocycles. The van der Waals surface area contributed by atoms with Gasteiger partial charge in [-0.1, -0.05) is 0 Å². The summed E-state index contributed by atoms with van der Waals surface area (Å²) in [6.07, 6.45) is 0.872. The normalized spacial score (nSPS) is 12.7. The highest BCUT2D eigenvalue weighted by Gasteiger charge is 2.18. The lowest BCUT2D eigenvalue weighted by molar-refractivity contribution is -0.138. The minimum Gasteiger partial charge on any atom is -0.481 e. The fourth-order valence-corrected chi connectivity index (χ4v) is 1.51. The number of ether oxygens (including phenoxy) is 1. The lowest BCUT2D eigenvalue weighted by atomic mass is 10.2. The van der Waals surface area contributed by atoms with Crippen LogP contribution in [0.3, 0.4) is 0 Å². The molecule has 0 aliphatic heterocycles. The van der Waals surface area contributed by atoms with Gasteiger partial charge in [0.2, 0.25) is 0 Å². The topological polar surface area (TPSA) is 66.8 Å². The number of carbonyl (C=O) groups is 2.